The summed E-state index contributed by atoms with van der Waals surface area (Å²) in [6, 6.07) is 10.2. The highest BCUT2D eigenvalue weighted by atomic mass is 32.1. The number of benzene rings is 1. The lowest BCUT2D eigenvalue weighted by Crippen LogP contribution is -2.34. The van der Waals surface area contributed by atoms with Crippen LogP contribution in [-0.2, 0) is 0 Å². The van der Waals surface area contributed by atoms with Crippen LogP contribution in [0.15, 0.2) is 35.3 Å². The van der Waals surface area contributed by atoms with Gasteiger partial charge in [0, 0.05) is 19.5 Å². The Morgan fingerprint density at radius 2 is 2.24 bits per heavy atom. The maximum atomic E-state index is 5.09. The van der Waals surface area contributed by atoms with Gasteiger partial charge in [-0.05, 0) is 31.3 Å². The second-order valence-electron chi connectivity index (χ2n) is 3.74. The molecule has 1 aromatic rings. The maximum Gasteiger partial charge on any atom is 0.194 e. The summed E-state index contributed by atoms with van der Waals surface area (Å²) in [6.07, 6.45) is 0.889. The SMILES string of the molecule is CCNC(=S)/N=C1\CCN(c2ccccc2)N1. The number of nitrogens with one attached hydrogen (secondary N) is 2. The molecule has 0 amide bonds. The van der Waals surface area contributed by atoms with Gasteiger partial charge in [0.2, 0.25) is 0 Å². The van der Waals surface area contributed by atoms with Crippen LogP contribution < -0.4 is 15.8 Å². The van der Waals surface area contributed by atoms with Crippen molar-refractivity contribution in [3.05, 3.63) is 30.3 Å². The summed E-state index contributed by atoms with van der Waals surface area (Å²) in [7, 11) is 0. The van der Waals surface area contributed by atoms with Gasteiger partial charge in [0.15, 0.2) is 5.11 Å². The summed E-state index contributed by atoms with van der Waals surface area (Å²) in [6.45, 7) is 3.72. The van der Waals surface area contributed by atoms with Crippen molar-refractivity contribution in [3.8, 4) is 0 Å². The van der Waals surface area contributed by atoms with Crippen molar-refractivity contribution >= 4 is 28.9 Å². The predicted molar refractivity (Wildman–Crippen MR) is 75.3 cm³/mol. The number of thiocarbonyl (C=S) groups is 1. The van der Waals surface area contributed by atoms with Gasteiger partial charge in [0.05, 0.1) is 5.69 Å². The first kappa shape index (κ1) is 11.9. The van der Waals surface area contributed by atoms with Crippen molar-refractivity contribution in [3.63, 3.8) is 0 Å². The first-order valence-corrected chi connectivity index (χ1v) is 6.15. The molecule has 2 rings (SSSR count). The molecule has 4 nitrogen and oxygen atoms in total. The molecule has 1 saturated heterocycles. The zero-order valence-electron chi connectivity index (χ0n) is 9.81. The van der Waals surface area contributed by atoms with Gasteiger partial charge in [0.1, 0.15) is 5.84 Å². The van der Waals surface area contributed by atoms with Crippen LogP contribution in [0, 0.1) is 0 Å². The third-order valence-electron chi connectivity index (χ3n) is 2.47. The van der Waals surface area contributed by atoms with Crippen LogP contribution in [0.3, 0.4) is 0 Å². The van der Waals surface area contributed by atoms with Gasteiger partial charge < -0.3 is 5.32 Å². The summed E-state index contributed by atoms with van der Waals surface area (Å²) in [5.41, 5.74) is 4.40. The van der Waals surface area contributed by atoms with Gasteiger partial charge in [0.25, 0.3) is 0 Å². The van der Waals surface area contributed by atoms with Crippen molar-refractivity contribution in [2.45, 2.75) is 13.3 Å². The number of hydrogen-bond acceptors (Lipinski definition) is 2. The zero-order chi connectivity index (χ0) is 12.1. The van der Waals surface area contributed by atoms with Crippen LogP contribution in [0.5, 0.6) is 0 Å². The van der Waals surface area contributed by atoms with Crippen LogP contribution in [0.4, 0.5) is 5.69 Å². The Kier molecular flexibility index (Phi) is 3.93. The molecule has 0 spiro atoms. The molecule has 0 atom stereocenters. The quantitative estimate of drug-likeness (QED) is 0.781. The van der Waals surface area contributed by atoms with E-state index in [0.717, 1.165) is 31.0 Å². The maximum absolute atomic E-state index is 5.09. The van der Waals surface area contributed by atoms with E-state index in [1.807, 2.05) is 25.1 Å². The van der Waals surface area contributed by atoms with E-state index in [2.05, 4.69) is 32.9 Å². The minimum absolute atomic E-state index is 0.546. The van der Waals surface area contributed by atoms with E-state index < -0.39 is 0 Å². The Balaban J connectivity index is 1.98. The summed E-state index contributed by atoms with van der Waals surface area (Å²) in [4.78, 5) is 4.33. The largest absolute Gasteiger partial charge is 0.361 e. The normalized spacial score (nSPS) is 17.0. The Morgan fingerprint density at radius 1 is 1.47 bits per heavy atom. The fraction of sp³-hybridized carbons (Fsp3) is 0.333. The van der Waals surface area contributed by atoms with Crippen molar-refractivity contribution in [2.75, 3.05) is 18.1 Å². The second-order valence-corrected chi connectivity index (χ2v) is 4.13. The highest BCUT2D eigenvalue weighted by Crippen LogP contribution is 2.14. The molecule has 0 saturated carbocycles. The van der Waals surface area contributed by atoms with Gasteiger partial charge in [-0.1, -0.05) is 18.2 Å². The molecular formula is C12H16N4S. The predicted octanol–water partition coefficient (Wildman–Crippen LogP) is 1.69. The molecule has 0 radical (unpaired) electrons. The molecule has 1 aliphatic heterocycles. The topological polar surface area (TPSA) is 39.7 Å². The van der Waals surface area contributed by atoms with Gasteiger partial charge in [-0.15, -0.1) is 0 Å². The van der Waals surface area contributed by atoms with E-state index in [9.17, 15) is 0 Å². The molecule has 0 bridgehead atoms. The number of amidine groups is 1. The summed E-state index contributed by atoms with van der Waals surface area (Å²) < 4.78 is 0. The van der Waals surface area contributed by atoms with E-state index in [0.29, 0.717) is 5.11 Å². The van der Waals surface area contributed by atoms with Gasteiger partial charge in [-0.25, -0.2) is 4.99 Å². The first-order chi connectivity index (χ1) is 8.29. The number of hydrazine groups is 1. The lowest BCUT2D eigenvalue weighted by atomic mass is 10.3. The van der Waals surface area contributed by atoms with Crippen molar-refractivity contribution < 1.29 is 0 Å². The molecule has 0 unspecified atom stereocenters. The van der Waals surface area contributed by atoms with E-state index in [4.69, 9.17) is 12.2 Å². The molecule has 0 aromatic heterocycles. The first-order valence-electron chi connectivity index (χ1n) is 5.74. The fourth-order valence-electron chi connectivity index (χ4n) is 1.68. The van der Waals surface area contributed by atoms with Crippen LogP contribution in [0.2, 0.25) is 0 Å². The van der Waals surface area contributed by atoms with E-state index in [-0.39, 0.29) is 0 Å². The molecule has 5 heteroatoms. The van der Waals surface area contributed by atoms with Gasteiger partial charge in [-0.3, -0.25) is 10.4 Å². The number of hydrogen-bond donors (Lipinski definition) is 2. The van der Waals surface area contributed by atoms with E-state index in [1.165, 1.54) is 0 Å². The average Bonchev–Trinajstić information content (AvgIpc) is 2.79. The summed E-state index contributed by atoms with van der Waals surface area (Å²) in [5.74, 6) is 0.916. The standard InChI is InChI=1S/C12H16N4S/c1-2-13-12(17)14-11-8-9-16(15-11)10-6-4-3-5-7-10/h3-7H,2,8-9H2,1H3,(H2,13,14,15,17). The molecule has 1 aromatic carbocycles. The molecule has 17 heavy (non-hydrogen) atoms. The Hall–Kier alpha value is -1.62. The highest BCUT2D eigenvalue weighted by Gasteiger charge is 2.17. The van der Waals surface area contributed by atoms with Crippen LogP contribution in [0.1, 0.15) is 13.3 Å². The molecule has 1 fully saturated rings. The van der Waals surface area contributed by atoms with E-state index >= 15 is 0 Å². The third-order valence-corrected chi connectivity index (χ3v) is 2.70. The number of para-hydroxylation sites is 1. The Morgan fingerprint density at radius 3 is 2.94 bits per heavy atom. The Bertz CT molecular complexity index is 416. The third kappa shape index (κ3) is 3.17. The average molecular weight is 248 g/mol. The van der Waals surface area contributed by atoms with Crippen LogP contribution >= 0.6 is 12.2 Å². The van der Waals surface area contributed by atoms with E-state index in [1.54, 1.807) is 0 Å². The van der Waals surface area contributed by atoms with Crippen LogP contribution in [-0.4, -0.2) is 24.0 Å². The lowest BCUT2D eigenvalue weighted by molar-refractivity contribution is 0.858. The second kappa shape index (κ2) is 5.63. The molecule has 2 N–H and O–H groups in total. The fourth-order valence-corrected chi connectivity index (χ4v) is 1.94. The van der Waals surface area contributed by atoms with Crippen molar-refractivity contribution in [1.29, 1.82) is 0 Å². The highest BCUT2D eigenvalue weighted by molar-refractivity contribution is 7.80. The number of nitrogens with zero attached hydrogens (tertiary/aromatic N) is 2. The smallest absolute Gasteiger partial charge is 0.194 e. The molecule has 90 valence electrons. The minimum atomic E-state index is 0.546. The molecule has 0 aliphatic carbocycles. The van der Waals surface area contributed by atoms with Crippen molar-refractivity contribution in [2.24, 2.45) is 4.99 Å². The summed E-state index contributed by atoms with van der Waals surface area (Å²) in [5, 5.41) is 5.64. The minimum Gasteiger partial charge on any atom is -0.361 e. The summed E-state index contributed by atoms with van der Waals surface area (Å²) >= 11 is 5.09. The number of rotatable bonds is 2. The van der Waals surface area contributed by atoms with Gasteiger partial charge >= 0.3 is 0 Å². The molecule has 1 heterocycles. The monoisotopic (exact) mass is 248 g/mol. The number of aliphatic imine (C=N–C) groups is 1. The Labute approximate surface area is 107 Å². The number of anilines is 1. The van der Waals surface area contributed by atoms with Gasteiger partial charge in [-0.2, -0.15) is 0 Å². The molecule has 1 aliphatic rings. The lowest BCUT2D eigenvalue weighted by Gasteiger charge is -2.17. The van der Waals surface area contributed by atoms with Crippen LogP contribution in [0.25, 0.3) is 0 Å². The molecular weight excluding hydrogens is 232 g/mol. The zero-order valence-corrected chi connectivity index (χ0v) is 10.6. The van der Waals surface area contributed by atoms with Crippen molar-refractivity contribution in [1.82, 2.24) is 10.7 Å².